The predicted octanol–water partition coefficient (Wildman–Crippen LogP) is 22.1. The van der Waals surface area contributed by atoms with Gasteiger partial charge in [-0.15, -0.1) is 0 Å². The van der Waals surface area contributed by atoms with Crippen molar-refractivity contribution in [2.75, 3.05) is 40.9 Å². The summed E-state index contributed by atoms with van der Waals surface area (Å²) in [5.74, 6) is -0.165. The van der Waals surface area contributed by atoms with Gasteiger partial charge in [0.25, 0.3) is 7.82 Å². The number of nitrogens with zero attached hydrogens (tertiary/aromatic N) is 1. The Hall–Kier alpha value is -1.80. The maximum atomic E-state index is 13.1. The fourth-order valence-corrected chi connectivity index (χ4v) is 11.5. The van der Waals surface area contributed by atoms with Crippen molar-refractivity contribution in [3.05, 3.63) is 60.8 Å². The largest absolute Gasteiger partial charge is 0.756 e. The molecule has 0 saturated carbocycles. The number of likely N-dealkylation sites (N-methyl/N-ethyl adjacent to an activating group) is 1. The van der Waals surface area contributed by atoms with E-state index in [-0.39, 0.29) is 19.1 Å². The Morgan fingerprint density at radius 3 is 1.09 bits per heavy atom. The van der Waals surface area contributed by atoms with Gasteiger partial charge in [0.05, 0.1) is 39.9 Å². The molecule has 482 valence electrons. The molecule has 0 rings (SSSR count). The second-order valence-electron chi connectivity index (χ2n) is 25.6. The second kappa shape index (κ2) is 63.7. The Bertz CT molecular complexity index is 1520. The van der Waals surface area contributed by atoms with Crippen molar-refractivity contribution in [1.82, 2.24) is 5.32 Å². The lowest BCUT2D eigenvalue weighted by Crippen LogP contribution is -2.46. The molecule has 0 bridgehead atoms. The summed E-state index contributed by atoms with van der Waals surface area (Å²) >= 11 is 0. The van der Waals surface area contributed by atoms with Crippen LogP contribution in [0.4, 0.5) is 0 Å². The molecular weight excluding hydrogens is 1030 g/mol. The number of carbonyl (C=O) groups excluding carboxylic acids is 1. The molecule has 0 radical (unpaired) electrons. The van der Waals surface area contributed by atoms with E-state index in [2.05, 4.69) is 79.9 Å². The van der Waals surface area contributed by atoms with E-state index >= 15 is 0 Å². The third-order valence-electron chi connectivity index (χ3n) is 16.3. The number of hydrogen-bond acceptors (Lipinski definition) is 6. The van der Waals surface area contributed by atoms with Crippen molar-refractivity contribution >= 4 is 13.7 Å². The molecule has 0 aliphatic carbocycles. The van der Waals surface area contributed by atoms with Crippen LogP contribution in [0.25, 0.3) is 0 Å². The van der Waals surface area contributed by atoms with Gasteiger partial charge in [-0.1, -0.05) is 344 Å². The summed E-state index contributed by atoms with van der Waals surface area (Å²) in [6, 6.07) is -0.807. The molecule has 0 saturated heterocycles. The van der Waals surface area contributed by atoms with Crippen LogP contribution in [0.15, 0.2) is 60.8 Å². The number of quaternary nitrogens is 1. The highest BCUT2D eigenvalue weighted by atomic mass is 31.2. The number of aliphatic hydroxyl groups excluding tert-OH is 1. The standard InChI is InChI=1S/C73H139N2O6P/c1-6-8-10-12-14-16-18-20-22-24-26-28-30-32-34-35-36-37-38-39-41-42-44-46-48-50-52-54-56-58-60-62-64-66-72(76)71(70-81-82(78,79)80-69-68-75(3,4)5)74-73(77)67-65-63-61-59-57-55-53-51-49-47-45-43-40-33-31-29-27-25-23-21-19-17-15-13-11-9-7-2/h9,11,15,17,21,23,27,29,33,40,71-72,76H,6-8,10,12-14,16,18-20,22,24-26,28,30-32,34-39,41-70H2,1-5H3,(H-,74,77,78,79)/b11-9-,17-15-,23-21-,29-27-,40-33-. The molecule has 0 heterocycles. The monoisotopic (exact) mass is 1170 g/mol. The minimum Gasteiger partial charge on any atom is -0.756 e. The van der Waals surface area contributed by atoms with E-state index in [1.807, 2.05) is 21.1 Å². The first-order chi connectivity index (χ1) is 40.0. The first-order valence-electron chi connectivity index (χ1n) is 35.6. The van der Waals surface area contributed by atoms with Crippen LogP contribution < -0.4 is 10.2 Å². The predicted molar refractivity (Wildman–Crippen MR) is 357 cm³/mol. The number of allylic oxidation sites excluding steroid dienone is 10. The Labute approximate surface area is 511 Å². The molecule has 1 amide bonds. The summed E-state index contributed by atoms with van der Waals surface area (Å²) in [6.07, 6.45) is 87.3. The van der Waals surface area contributed by atoms with E-state index in [1.54, 1.807) is 0 Å². The van der Waals surface area contributed by atoms with Crippen molar-refractivity contribution in [3.8, 4) is 0 Å². The van der Waals surface area contributed by atoms with Crippen LogP contribution in [0, 0.1) is 0 Å². The van der Waals surface area contributed by atoms with Crippen molar-refractivity contribution in [2.24, 2.45) is 0 Å². The normalized spacial score (nSPS) is 14.0. The maximum absolute atomic E-state index is 13.1. The lowest BCUT2D eigenvalue weighted by Gasteiger charge is -2.30. The van der Waals surface area contributed by atoms with Gasteiger partial charge in [-0.2, -0.15) is 0 Å². The number of unbranched alkanes of at least 4 members (excludes halogenated alkanes) is 43. The van der Waals surface area contributed by atoms with Gasteiger partial charge in [-0.3, -0.25) is 9.36 Å². The summed E-state index contributed by atoms with van der Waals surface area (Å²) < 4.78 is 23.5. The van der Waals surface area contributed by atoms with Gasteiger partial charge < -0.3 is 28.8 Å². The Morgan fingerprint density at radius 2 is 0.744 bits per heavy atom. The summed E-state index contributed by atoms with van der Waals surface area (Å²) in [7, 11) is 1.31. The number of amides is 1. The molecule has 0 aliphatic heterocycles. The molecule has 0 spiro atoms. The topological polar surface area (TPSA) is 108 Å². The SMILES string of the molecule is CC/C=C\C/C=C\C/C=C\C/C=C\C/C=C\CCCCCCCCCCCCCC(=O)NC(COP(=O)([O-])OCC[N+](C)(C)C)C(O)CCCCCCCCCCCCCCCCCCCCCCCCCCCCCCCCCCC. The fourth-order valence-electron chi connectivity index (χ4n) is 10.8. The van der Waals surface area contributed by atoms with Crippen LogP contribution in [0.2, 0.25) is 0 Å². The number of carbonyl (C=O) groups is 1. The van der Waals surface area contributed by atoms with Gasteiger partial charge >= 0.3 is 0 Å². The van der Waals surface area contributed by atoms with Gasteiger partial charge in [0.2, 0.25) is 5.91 Å². The zero-order valence-corrected chi connectivity index (χ0v) is 56.1. The van der Waals surface area contributed by atoms with Gasteiger partial charge in [-0.25, -0.2) is 0 Å². The summed E-state index contributed by atoms with van der Waals surface area (Å²) in [5.41, 5.74) is 0. The third kappa shape index (κ3) is 65.7. The number of aliphatic hydroxyl groups is 1. The van der Waals surface area contributed by atoms with Gasteiger partial charge in [0, 0.05) is 6.42 Å². The molecule has 3 atom stereocenters. The van der Waals surface area contributed by atoms with Crippen molar-refractivity contribution in [2.45, 2.75) is 360 Å². The fraction of sp³-hybridized carbons (Fsp3) is 0.849. The lowest BCUT2D eigenvalue weighted by molar-refractivity contribution is -0.870. The number of nitrogens with one attached hydrogen (secondary N) is 1. The quantitative estimate of drug-likeness (QED) is 0.0272. The second-order valence-corrected chi connectivity index (χ2v) is 27.0. The summed E-state index contributed by atoms with van der Waals surface area (Å²) in [6.45, 7) is 4.65. The van der Waals surface area contributed by atoms with E-state index in [4.69, 9.17) is 9.05 Å². The molecule has 0 aliphatic rings. The molecule has 9 heteroatoms. The van der Waals surface area contributed by atoms with Gasteiger partial charge in [0.1, 0.15) is 13.2 Å². The molecule has 3 unspecified atom stereocenters. The van der Waals surface area contributed by atoms with E-state index in [0.717, 1.165) is 70.6 Å². The highest BCUT2D eigenvalue weighted by molar-refractivity contribution is 7.45. The van der Waals surface area contributed by atoms with Gasteiger partial charge in [0.15, 0.2) is 0 Å². The minimum atomic E-state index is -4.58. The number of phosphoric ester groups is 1. The highest BCUT2D eigenvalue weighted by Crippen LogP contribution is 2.38. The first-order valence-corrected chi connectivity index (χ1v) is 37.1. The van der Waals surface area contributed by atoms with E-state index in [9.17, 15) is 19.4 Å². The van der Waals surface area contributed by atoms with Crippen LogP contribution >= 0.6 is 7.82 Å². The Kier molecular flexibility index (Phi) is 62.3. The minimum absolute atomic E-state index is 0.0105. The van der Waals surface area contributed by atoms with Crippen LogP contribution in [0.5, 0.6) is 0 Å². The van der Waals surface area contributed by atoms with Crippen LogP contribution in [0.1, 0.15) is 348 Å². The average Bonchev–Trinajstić information content (AvgIpc) is 3.45. The third-order valence-corrected chi connectivity index (χ3v) is 17.2. The van der Waals surface area contributed by atoms with E-state index in [0.29, 0.717) is 23.9 Å². The number of phosphoric acid groups is 1. The van der Waals surface area contributed by atoms with E-state index < -0.39 is 20.0 Å². The van der Waals surface area contributed by atoms with Crippen molar-refractivity contribution < 1.29 is 32.9 Å². The van der Waals surface area contributed by atoms with Crippen LogP contribution in [0.3, 0.4) is 0 Å². The highest BCUT2D eigenvalue weighted by Gasteiger charge is 2.24. The Morgan fingerprint density at radius 1 is 0.439 bits per heavy atom. The average molecular weight is 1170 g/mol. The molecular formula is C73H139N2O6P. The number of hydrogen-bond donors (Lipinski definition) is 2. The maximum Gasteiger partial charge on any atom is 0.268 e. The summed E-state index contributed by atoms with van der Waals surface area (Å²) in [4.78, 5) is 25.7. The Balaban J connectivity index is 4.01. The summed E-state index contributed by atoms with van der Waals surface area (Å²) in [5, 5.41) is 14.1. The molecule has 0 fully saturated rings. The molecule has 82 heavy (non-hydrogen) atoms. The van der Waals surface area contributed by atoms with Gasteiger partial charge in [-0.05, 0) is 57.8 Å². The lowest BCUT2D eigenvalue weighted by atomic mass is 10.0. The molecule has 0 aromatic rings. The first kappa shape index (κ1) is 80.2. The zero-order chi connectivity index (χ0) is 59.8. The van der Waals surface area contributed by atoms with Crippen molar-refractivity contribution in [3.63, 3.8) is 0 Å². The zero-order valence-electron chi connectivity index (χ0n) is 55.2. The molecule has 8 nitrogen and oxygen atoms in total. The van der Waals surface area contributed by atoms with E-state index in [1.165, 1.54) is 250 Å². The van der Waals surface area contributed by atoms with Crippen molar-refractivity contribution in [1.29, 1.82) is 0 Å². The van der Waals surface area contributed by atoms with Crippen LogP contribution in [-0.2, 0) is 18.4 Å². The smallest absolute Gasteiger partial charge is 0.268 e. The molecule has 0 aromatic heterocycles. The van der Waals surface area contributed by atoms with Crippen LogP contribution in [-0.4, -0.2) is 68.5 Å². The molecule has 2 N–H and O–H groups in total. The molecule has 0 aromatic carbocycles. The number of rotatable bonds is 66.